The van der Waals surface area contributed by atoms with Gasteiger partial charge in [0.05, 0.1) is 0 Å². The van der Waals surface area contributed by atoms with Crippen molar-refractivity contribution in [1.29, 1.82) is 0 Å². The molecule has 2 atom stereocenters. The third-order valence-corrected chi connectivity index (χ3v) is 4.32. The fourth-order valence-electron chi connectivity index (χ4n) is 3.34. The standard InChI is InChI=1S/C14H20N2O/c15-9-10-6-7-16-11(8-10)4-5-12-13(16)2-1-3-14(12)17/h1-3,10-11,17H,4-9,15H2. The minimum Gasteiger partial charge on any atom is -0.508 e. The molecule has 0 spiro atoms. The second-order valence-electron chi connectivity index (χ2n) is 5.29. The van der Waals surface area contributed by atoms with E-state index in [1.807, 2.05) is 6.07 Å². The fraction of sp³-hybridized carbons (Fsp3) is 0.571. The molecule has 92 valence electrons. The SMILES string of the molecule is NCC1CCN2c3cccc(O)c3CCC2C1. The van der Waals surface area contributed by atoms with E-state index in [4.69, 9.17) is 5.73 Å². The van der Waals surface area contributed by atoms with Crippen molar-refractivity contribution in [2.24, 2.45) is 11.7 Å². The zero-order valence-electron chi connectivity index (χ0n) is 10.1. The summed E-state index contributed by atoms with van der Waals surface area (Å²) in [5.41, 5.74) is 8.17. The van der Waals surface area contributed by atoms with Gasteiger partial charge in [-0.3, -0.25) is 0 Å². The summed E-state index contributed by atoms with van der Waals surface area (Å²) in [5, 5.41) is 9.90. The highest BCUT2D eigenvalue weighted by Gasteiger charge is 2.32. The lowest BCUT2D eigenvalue weighted by molar-refractivity contribution is 0.325. The van der Waals surface area contributed by atoms with Gasteiger partial charge in [0.15, 0.2) is 0 Å². The van der Waals surface area contributed by atoms with Gasteiger partial charge in [-0.1, -0.05) is 6.07 Å². The van der Waals surface area contributed by atoms with Crippen LogP contribution in [0.4, 0.5) is 5.69 Å². The van der Waals surface area contributed by atoms with Gasteiger partial charge in [0, 0.05) is 23.8 Å². The first-order valence-corrected chi connectivity index (χ1v) is 6.57. The Morgan fingerprint density at radius 1 is 1.35 bits per heavy atom. The van der Waals surface area contributed by atoms with Crippen molar-refractivity contribution in [2.75, 3.05) is 18.0 Å². The lowest BCUT2D eigenvalue weighted by atomic mass is 9.84. The largest absolute Gasteiger partial charge is 0.508 e. The van der Waals surface area contributed by atoms with Crippen LogP contribution in [-0.2, 0) is 6.42 Å². The number of phenols is 1. The van der Waals surface area contributed by atoms with Crippen LogP contribution in [0.5, 0.6) is 5.75 Å². The Morgan fingerprint density at radius 2 is 2.24 bits per heavy atom. The Hall–Kier alpha value is -1.22. The number of benzene rings is 1. The highest BCUT2D eigenvalue weighted by Crippen LogP contribution is 2.40. The van der Waals surface area contributed by atoms with Gasteiger partial charge < -0.3 is 15.7 Å². The lowest BCUT2D eigenvalue weighted by Gasteiger charge is -2.44. The summed E-state index contributed by atoms with van der Waals surface area (Å²) in [7, 11) is 0. The summed E-state index contributed by atoms with van der Waals surface area (Å²) < 4.78 is 0. The molecule has 1 aromatic rings. The van der Waals surface area contributed by atoms with Crippen molar-refractivity contribution in [3.63, 3.8) is 0 Å². The number of rotatable bonds is 1. The second kappa shape index (κ2) is 4.22. The Kier molecular flexibility index (Phi) is 2.71. The Bertz CT molecular complexity index is 419. The quantitative estimate of drug-likeness (QED) is 0.777. The third kappa shape index (κ3) is 1.78. The second-order valence-corrected chi connectivity index (χ2v) is 5.29. The zero-order valence-corrected chi connectivity index (χ0v) is 10.1. The summed E-state index contributed by atoms with van der Waals surface area (Å²) in [4.78, 5) is 2.48. The molecule has 0 aliphatic carbocycles. The molecular formula is C14H20N2O. The maximum atomic E-state index is 9.90. The van der Waals surface area contributed by atoms with Gasteiger partial charge in [0.1, 0.15) is 5.75 Å². The smallest absolute Gasteiger partial charge is 0.120 e. The van der Waals surface area contributed by atoms with Gasteiger partial charge in [-0.2, -0.15) is 0 Å². The van der Waals surface area contributed by atoms with Crippen LogP contribution in [0, 0.1) is 5.92 Å². The molecular weight excluding hydrogens is 212 g/mol. The van der Waals surface area contributed by atoms with Gasteiger partial charge in [0.25, 0.3) is 0 Å². The topological polar surface area (TPSA) is 49.5 Å². The van der Waals surface area contributed by atoms with E-state index in [1.165, 1.54) is 18.5 Å². The van der Waals surface area contributed by atoms with Crippen LogP contribution < -0.4 is 10.6 Å². The van der Waals surface area contributed by atoms with E-state index in [0.29, 0.717) is 17.7 Å². The van der Waals surface area contributed by atoms with Crippen LogP contribution >= 0.6 is 0 Å². The molecule has 3 N–H and O–H groups in total. The highest BCUT2D eigenvalue weighted by atomic mass is 16.3. The molecule has 2 unspecified atom stereocenters. The molecule has 1 fully saturated rings. The van der Waals surface area contributed by atoms with Crippen molar-refractivity contribution in [3.8, 4) is 5.75 Å². The molecule has 17 heavy (non-hydrogen) atoms. The minimum atomic E-state index is 0.460. The lowest BCUT2D eigenvalue weighted by Crippen LogP contribution is -2.46. The van der Waals surface area contributed by atoms with E-state index in [-0.39, 0.29) is 0 Å². The predicted molar refractivity (Wildman–Crippen MR) is 69.3 cm³/mol. The number of hydrogen-bond donors (Lipinski definition) is 2. The number of aromatic hydroxyl groups is 1. The first-order valence-electron chi connectivity index (χ1n) is 6.57. The number of nitrogens with two attached hydrogens (primary N) is 1. The molecule has 0 bridgehead atoms. The number of nitrogens with zero attached hydrogens (tertiary/aromatic N) is 1. The van der Waals surface area contributed by atoms with Crippen molar-refractivity contribution in [3.05, 3.63) is 23.8 Å². The minimum absolute atomic E-state index is 0.460. The van der Waals surface area contributed by atoms with Crippen LogP contribution in [0.3, 0.4) is 0 Å². The van der Waals surface area contributed by atoms with Crippen LogP contribution in [-0.4, -0.2) is 24.2 Å². The van der Waals surface area contributed by atoms with E-state index in [2.05, 4.69) is 11.0 Å². The maximum absolute atomic E-state index is 9.90. The molecule has 0 radical (unpaired) electrons. The molecule has 1 aromatic carbocycles. The van der Waals surface area contributed by atoms with E-state index < -0.39 is 0 Å². The average Bonchev–Trinajstić information content (AvgIpc) is 2.38. The maximum Gasteiger partial charge on any atom is 0.120 e. The molecule has 3 heteroatoms. The first kappa shape index (κ1) is 10.9. The van der Waals surface area contributed by atoms with Gasteiger partial charge in [-0.05, 0) is 50.3 Å². The Balaban J connectivity index is 1.90. The number of fused-ring (bicyclic) bond motifs is 3. The van der Waals surface area contributed by atoms with Crippen molar-refractivity contribution in [2.45, 2.75) is 31.7 Å². The molecule has 3 nitrogen and oxygen atoms in total. The fourth-order valence-corrected chi connectivity index (χ4v) is 3.34. The summed E-state index contributed by atoms with van der Waals surface area (Å²) in [6, 6.07) is 6.52. The van der Waals surface area contributed by atoms with E-state index in [1.54, 1.807) is 6.07 Å². The summed E-state index contributed by atoms with van der Waals surface area (Å²) >= 11 is 0. The Labute approximate surface area is 102 Å². The van der Waals surface area contributed by atoms with Crippen LogP contribution in [0.15, 0.2) is 18.2 Å². The summed E-state index contributed by atoms with van der Waals surface area (Å²) in [6.45, 7) is 1.90. The molecule has 2 aliphatic rings. The normalized spacial score (nSPS) is 27.5. The number of hydrogen-bond acceptors (Lipinski definition) is 3. The number of phenolic OH excluding ortho intramolecular Hbond substituents is 1. The Morgan fingerprint density at radius 3 is 3.06 bits per heavy atom. The van der Waals surface area contributed by atoms with E-state index >= 15 is 0 Å². The number of anilines is 1. The monoisotopic (exact) mass is 232 g/mol. The first-order chi connectivity index (χ1) is 8.29. The molecule has 0 amide bonds. The van der Waals surface area contributed by atoms with Crippen molar-refractivity contribution in [1.82, 2.24) is 0 Å². The van der Waals surface area contributed by atoms with Crippen LogP contribution in [0.25, 0.3) is 0 Å². The molecule has 2 heterocycles. The third-order valence-electron chi connectivity index (χ3n) is 4.32. The summed E-state index contributed by atoms with van der Waals surface area (Å²) in [6.07, 6.45) is 4.55. The van der Waals surface area contributed by atoms with E-state index in [9.17, 15) is 5.11 Å². The molecule has 2 aliphatic heterocycles. The van der Waals surface area contributed by atoms with Crippen LogP contribution in [0.1, 0.15) is 24.8 Å². The average molecular weight is 232 g/mol. The van der Waals surface area contributed by atoms with Crippen molar-refractivity contribution >= 4 is 5.69 Å². The molecule has 0 aromatic heterocycles. The summed E-state index contributed by atoms with van der Waals surface area (Å²) in [5.74, 6) is 1.15. The molecule has 0 saturated carbocycles. The van der Waals surface area contributed by atoms with Crippen LogP contribution in [0.2, 0.25) is 0 Å². The molecule has 1 saturated heterocycles. The van der Waals surface area contributed by atoms with Gasteiger partial charge in [-0.25, -0.2) is 0 Å². The van der Waals surface area contributed by atoms with Gasteiger partial charge in [0.2, 0.25) is 0 Å². The van der Waals surface area contributed by atoms with E-state index in [0.717, 1.165) is 31.5 Å². The molecule has 3 rings (SSSR count). The van der Waals surface area contributed by atoms with Gasteiger partial charge >= 0.3 is 0 Å². The predicted octanol–water partition coefficient (Wildman–Crippen LogP) is 1.88. The number of piperidine rings is 1. The van der Waals surface area contributed by atoms with Crippen molar-refractivity contribution < 1.29 is 5.11 Å². The highest BCUT2D eigenvalue weighted by molar-refractivity contribution is 5.61. The zero-order chi connectivity index (χ0) is 11.8. The van der Waals surface area contributed by atoms with Gasteiger partial charge in [-0.15, -0.1) is 0 Å².